The van der Waals surface area contributed by atoms with Gasteiger partial charge in [0.2, 0.25) is 0 Å². The molecule has 1 aliphatic carbocycles. The Kier molecular flexibility index (Phi) is 8.02. The summed E-state index contributed by atoms with van der Waals surface area (Å²) in [7, 11) is 0. The van der Waals surface area contributed by atoms with Crippen LogP contribution in [-0.2, 0) is 9.53 Å². The molecule has 0 unspecified atom stereocenters. The highest BCUT2D eigenvalue weighted by Gasteiger charge is 2.42. The molecule has 6 heteroatoms. The number of unbranched alkanes of at least 4 members (excludes halogenated alkanes) is 1. The van der Waals surface area contributed by atoms with Crippen molar-refractivity contribution in [2.24, 2.45) is 17.3 Å². The number of aliphatic carboxylic acids is 1. The van der Waals surface area contributed by atoms with Gasteiger partial charge in [0, 0.05) is 3.92 Å². The van der Waals surface area contributed by atoms with E-state index in [4.69, 9.17) is 4.74 Å². The molecule has 0 heterocycles. The quantitative estimate of drug-likeness (QED) is 0.261. The third-order valence-corrected chi connectivity index (χ3v) is 6.40. The molecule has 1 rings (SSSR count). The lowest BCUT2D eigenvalue weighted by Crippen LogP contribution is -2.50. The summed E-state index contributed by atoms with van der Waals surface area (Å²) < 4.78 is 6.09. The van der Waals surface area contributed by atoms with Crippen LogP contribution >= 0.6 is 22.6 Å². The monoisotopic (exact) mass is 451 g/mol. The molecular weight excluding hydrogens is 421 g/mol. The Labute approximate surface area is 158 Å². The first-order chi connectivity index (χ1) is 11.1. The number of alkyl halides is 1. The van der Waals surface area contributed by atoms with Crippen LogP contribution in [0.1, 0.15) is 53.4 Å². The van der Waals surface area contributed by atoms with E-state index in [2.05, 4.69) is 41.4 Å². The van der Waals surface area contributed by atoms with Crippen molar-refractivity contribution in [2.75, 3.05) is 0 Å². The van der Waals surface area contributed by atoms with Gasteiger partial charge in [-0.25, -0.2) is 9.59 Å². The van der Waals surface area contributed by atoms with E-state index in [-0.39, 0.29) is 6.10 Å². The molecule has 0 radical (unpaired) electrons. The number of carboxylic acid groups (broad SMARTS) is 1. The first-order valence-corrected chi connectivity index (χ1v) is 9.77. The third-order valence-electron chi connectivity index (χ3n) is 4.76. The van der Waals surface area contributed by atoms with Crippen molar-refractivity contribution in [3.05, 3.63) is 12.7 Å². The maximum Gasteiger partial charge on any atom is 0.408 e. The summed E-state index contributed by atoms with van der Waals surface area (Å²) in [4.78, 5) is 23.6. The molecule has 5 nitrogen and oxygen atoms in total. The molecule has 24 heavy (non-hydrogen) atoms. The molecule has 1 amide bonds. The van der Waals surface area contributed by atoms with E-state index in [0.29, 0.717) is 15.8 Å². The van der Waals surface area contributed by atoms with E-state index >= 15 is 0 Å². The van der Waals surface area contributed by atoms with Crippen molar-refractivity contribution in [3.63, 3.8) is 0 Å². The molecule has 0 aromatic heterocycles. The number of nitrogens with one attached hydrogen (secondary N) is 1. The summed E-state index contributed by atoms with van der Waals surface area (Å²) in [6, 6.07) is -0.974. The second kappa shape index (κ2) is 9.06. The lowest BCUT2D eigenvalue weighted by atomic mass is 9.87. The minimum Gasteiger partial charge on any atom is -0.480 e. The Bertz CT molecular complexity index is 460. The molecule has 0 saturated heterocycles. The number of carboxylic acids is 1. The van der Waals surface area contributed by atoms with Crippen molar-refractivity contribution in [2.45, 2.75) is 69.4 Å². The number of amides is 1. The van der Waals surface area contributed by atoms with Crippen LogP contribution in [0, 0.1) is 17.3 Å². The van der Waals surface area contributed by atoms with E-state index < -0.39 is 23.5 Å². The standard InChI is InChI=1S/C18H30INO4/c1-6-7-8-9-12-11(2)13(19)10-14(12)24-17(23)20-15(16(21)22)18(3,4)5/h6,11-15H,1,7-10H2,2-5H3,(H,20,23)(H,21,22)/t11-,12-,13+,14-,15-/m1/s1. The smallest absolute Gasteiger partial charge is 0.408 e. The fourth-order valence-corrected chi connectivity index (χ4v) is 4.27. The second-order valence-electron chi connectivity index (χ2n) is 7.72. The predicted molar refractivity (Wildman–Crippen MR) is 103 cm³/mol. The van der Waals surface area contributed by atoms with Crippen molar-refractivity contribution in [3.8, 4) is 0 Å². The molecule has 2 N–H and O–H groups in total. The maximum atomic E-state index is 12.2. The van der Waals surface area contributed by atoms with Crippen molar-refractivity contribution < 1.29 is 19.4 Å². The predicted octanol–water partition coefficient (Wildman–Crippen LogP) is 4.40. The van der Waals surface area contributed by atoms with Gasteiger partial charge in [0.15, 0.2) is 0 Å². The minimum atomic E-state index is -1.05. The Morgan fingerprint density at radius 3 is 2.58 bits per heavy atom. The average molecular weight is 451 g/mol. The highest BCUT2D eigenvalue weighted by atomic mass is 127. The zero-order chi connectivity index (χ0) is 18.5. The summed E-state index contributed by atoms with van der Waals surface area (Å²) in [5, 5.41) is 11.8. The van der Waals surface area contributed by atoms with Crippen LogP contribution in [0.25, 0.3) is 0 Å². The van der Waals surface area contributed by atoms with Gasteiger partial charge < -0.3 is 15.2 Å². The van der Waals surface area contributed by atoms with Gasteiger partial charge in [0.25, 0.3) is 0 Å². The second-order valence-corrected chi connectivity index (χ2v) is 9.32. The van der Waals surface area contributed by atoms with Gasteiger partial charge in [0.1, 0.15) is 12.1 Å². The third kappa shape index (κ3) is 5.93. The van der Waals surface area contributed by atoms with Crippen LogP contribution in [0.4, 0.5) is 4.79 Å². The topological polar surface area (TPSA) is 75.6 Å². The lowest BCUT2D eigenvalue weighted by molar-refractivity contribution is -0.142. The normalized spacial score (nSPS) is 28.2. The first-order valence-electron chi connectivity index (χ1n) is 8.52. The number of rotatable bonds is 7. The highest BCUT2D eigenvalue weighted by Crippen LogP contribution is 2.41. The molecule has 1 aliphatic rings. The largest absolute Gasteiger partial charge is 0.480 e. The zero-order valence-corrected chi connectivity index (χ0v) is 17.2. The van der Waals surface area contributed by atoms with E-state index in [0.717, 1.165) is 25.7 Å². The number of carbonyl (C=O) groups excluding carboxylic acids is 1. The number of hydrogen-bond donors (Lipinski definition) is 2. The molecule has 0 bridgehead atoms. The fraction of sp³-hybridized carbons (Fsp3) is 0.778. The summed E-state index contributed by atoms with van der Waals surface area (Å²) in [6.45, 7) is 11.3. The van der Waals surface area contributed by atoms with E-state index in [1.54, 1.807) is 20.8 Å². The number of carbonyl (C=O) groups is 2. The van der Waals surface area contributed by atoms with Crippen LogP contribution in [0.5, 0.6) is 0 Å². The van der Waals surface area contributed by atoms with Crippen molar-refractivity contribution in [1.82, 2.24) is 5.32 Å². The molecule has 0 aromatic carbocycles. The van der Waals surface area contributed by atoms with Crippen molar-refractivity contribution in [1.29, 1.82) is 0 Å². The van der Waals surface area contributed by atoms with Gasteiger partial charge >= 0.3 is 12.1 Å². The van der Waals surface area contributed by atoms with Gasteiger partial charge in [-0.3, -0.25) is 0 Å². The highest BCUT2D eigenvalue weighted by molar-refractivity contribution is 14.1. The zero-order valence-electron chi connectivity index (χ0n) is 15.0. The number of alkyl carbamates (subject to hydrolysis) is 1. The molecule has 1 saturated carbocycles. The first kappa shape index (κ1) is 21.3. The number of hydrogen-bond acceptors (Lipinski definition) is 3. The summed E-state index contributed by atoms with van der Waals surface area (Å²) >= 11 is 2.42. The molecule has 1 fully saturated rings. The Morgan fingerprint density at radius 2 is 2.08 bits per heavy atom. The van der Waals surface area contributed by atoms with Crippen LogP contribution in [-0.4, -0.2) is 33.2 Å². The van der Waals surface area contributed by atoms with Crippen LogP contribution < -0.4 is 5.32 Å². The molecule has 138 valence electrons. The maximum absolute atomic E-state index is 12.2. The fourth-order valence-electron chi connectivity index (χ4n) is 3.24. The van der Waals surface area contributed by atoms with Gasteiger partial charge in [0.05, 0.1) is 0 Å². The van der Waals surface area contributed by atoms with Crippen LogP contribution in [0.2, 0.25) is 0 Å². The van der Waals surface area contributed by atoms with Gasteiger partial charge in [-0.2, -0.15) is 0 Å². The molecule has 0 aliphatic heterocycles. The summed E-state index contributed by atoms with van der Waals surface area (Å²) in [6.07, 6.45) is 4.93. The van der Waals surface area contributed by atoms with Gasteiger partial charge in [-0.15, -0.1) is 6.58 Å². The number of halogens is 1. The molecule has 0 spiro atoms. The Balaban J connectivity index is 2.69. The minimum absolute atomic E-state index is 0.152. The van der Waals surface area contributed by atoms with Crippen LogP contribution in [0.15, 0.2) is 12.7 Å². The molecule has 0 aromatic rings. The summed E-state index contributed by atoms with van der Waals surface area (Å²) in [5.74, 6) is -0.254. The molecule has 5 atom stereocenters. The Hall–Kier alpha value is -0.790. The SMILES string of the molecule is C=CCCC[C@@H]1[C@@H](C)[C@@H](I)C[C@H]1OC(=O)N[C@H](C(=O)O)C(C)(C)C. The van der Waals surface area contributed by atoms with E-state index in [9.17, 15) is 14.7 Å². The van der Waals surface area contributed by atoms with Crippen molar-refractivity contribution >= 4 is 34.7 Å². The molecular formula is C18H30INO4. The Morgan fingerprint density at radius 1 is 1.46 bits per heavy atom. The van der Waals surface area contributed by atoms with E-state index in [1.807, 2.05) is 6.08 Å². The average Bonchev–Trinajstić information content (AvgIpc) is 2.71. The summed E-state index contributed by atoms with van der Waals surface area (Å²) in [5.41, 5.74) is -0.580. The van der Waals surface area contributed by atoms with Gasteiger partial charge in [-0.05, 0) is 42.9 Å². The van der Waals surface area contributed by atoms with Crippen LogP contribution in [0.3, 0.4) is 0 Å². The lowest BCUT2D eigenvalue weighted by Gasteiger charge is -2.29. The number of ether oxygens (including phenoxy) is 1. The van der Waals surface area contributed by atoms with Gasteiger partial charge in [-0.1, -0.05) is 56.4 Å². The number of allylic oxidation sites excluding steroid dienone is 1. The van der Waals surface area contributed by atoms with E-state index in [1.165, 1.54) is 0 Å².